The van der Waals surface area contributed by atoms with E-state index in [4.69, 9.17) is 21.7 Å². The van der Waals surface area contributed by atoms with Crippen molar-refractivity contribution in [3.63, 3.8) is 0 Å². The van der Waals surface area contributed by atoms with Gasteiger partial charge in [0.05, 0.1) is 41.8 Å². The van der Waals surface area contributed by atoms with E-state index in [1.165, 1.54) is 0 Å². The summed E-state index contributed by atoms with van der Waals surface area (Å²) in [6.45, 7) is 0. The van der Waals surface area contributed by atoms with E-state index in [-0.39, 0.29) is 70.6 Å². The Morgan fingerprint density at radius 3 is 1.91 bits per heavy atom. The van der Waals surface area contributed by atoms with Crippen LogP contribution in [0, 0.1) is 14.3 Å². The minimum absolute atomic E-state index is 0. The first kappa shape index (κ1) is 29.8. The zero-order chi connectivity index (χ0) is 22.9. The third kappa shape index (κ3) is 4.44. The number of fused-ring (bicyclic) bond motifs is 6. The van der Waals surface area contributed by atoms with Crippen LogP contribution in [0.1, 0.15) is 27.0 Å². The maximum absolute atomic E-state index is 13.1. The first-order valence-electron chi connectivity index (χ1n) is 8.77. The minimum Gasteiger partial charge on any atom is -0.506 e. The van der Waals surface area contributed by atoms with E-state index in [2.05, 4.69) is 10.2 Å². The van der Waals surface area contributed by atoms with Gasteiger partial charge in [0.25, 0.3) is 0 Å². The molecule has 0 aliphatic carbocycles. The maximum Gasteiger partial charge on any atom is 1.00 e. The molecule has 3 aromatic rings. The van der Waals surface area contributed by atoms with Gasteiger partial charge in [0.15, 0.2) is 17.1 Å². The Hall–Kier alpha value is 1.25. The van der Waals surface area contributed by atoms with E-state index < -0.39 is 11.6 Å². The van der Waals surface area contributed by atoms with E-state index in [0.717, 1.165) is 0 Å². The van der Waals surface area contributed by atoms with E-state index in [1.54, 1.807) is 30.3 Å². The number of rotatable bonds is 1. The first-order chi connectivity index (χ1) is 15.2. The quantitative estimate of drug-likeness (QED) is 0.124. The fourth-order valence-electron chi connectivity index (χ4n) is 3.93. The molecule has 0 saturated heterocycles. The number of benzene rings is 3. The number of nitrogens with zero attached hydrogens (tertiary/aromatic N) is 1. The van der Waals surface area contributed by atoms with Crippen molar-refractivity contribution in [3.05, 3.63) is 66.9 Å². The number of isothiocyanates is 1. The van der Waals surface area contributed by atoms with Crippen molar-refractivity contribution in [2.45, 2.75) is 5.60 Å². The molecule has 0 radical (unpaired) electrons. The third-order valence-corrected chi connectivity index (χ3v) is 9.02. The summed E-state index contributed by atoms with van der Waals surface area (Å²) < 4.78 is 14.5. The number of halogens is 4. The standard InChI is InChI=1S/C21H7I4NO5S.2Na/c22-12-4-10-18(14(24)16(12)27)30-19-11(5-13(23)17(28)15(19)25)21(10)9-3-7(26-6-32)1-2-8(9)20(29)31-21;;/h1-5,27-28H;;/q;2*+1. The zero-order valence-electron chi connectivity index (χ0n) is 17.4. The maximum atomic E-state index is 13.1. The largest absolute Gasteiger partial charge is 1.00 e. The molecule has 160 valence electrons. The van der Waals surface area contributed by atoms with Crippen LogP contribution in [-0.4, -0.2) is 21.3 Å². The number of carbonyl (C=O) groups excluding carboxylic acids is 1. The molecule has 2 N–H and O–H groups in total. The molecule has 34 heavy (non-hydrogen) atoms. The van der Waals surface area contributed by atoms with Gasteiger partial charge in [0, 0.05) is 5.56 Å². The van der Waals surface area contributed by atoms with Crippen LogP contribution in [0.15, 0.2) is 35.3 Å². The van der Waals surface area contributed by atoms with Gasteiger partial charge in [0.1, 0.15) is 11.5 Å². The summed E-state index contributed by atoms with van der Waals surface area (Å²) in [5.74, 6) is 0.361. The molecule has 0 amide bonds. The average Bonchev–Trinajstić information content (AvgIpc) is 3.05. The van der Waals surface area contributed by atoms with Gasteiger partial charge in [-0.15, -0.1) is 0 Å². The summed E-state index contributed by atoms with van der Waals surface area (Å²) in [5.41, 5.74) is 1.28. The second-order valence-corrected chi connectivity index (χ2v) is 11.6. The number of hydrogen-bond acceptors (Lipinski definition) is 7. The molecule has 5 rings (SSSR count). The van der Waals surface area contributed by atoms with Crippen molar-refractivity contribution in [1.29, 1.82) is 0 Å². The molecular weight excluding hydrogens is 932 g/mol. The van der Waals surface area contributed by atoms with Gasteiger partial charge in [-0.3, -0.25) is 0 Å². The summed E-state index contributed by atoms with van der Waals surface area (Å²) in [6.07, 6.45) is 0. The Bertz CT molecular complexity index is 1380. The van der Waals surface area contributed by atoms with Crippen molar-refractivity contribution in [2.75, 3.05) is 0 Å². The molecule has 2 aliphatic heterocycles. The molecule has 0 aromatic heterocycles. The smallest absolute Gasteiger partial charge is 0.506 e. The predicted octanol–water partition coefficient (Wildman–Crippen LogP) is 0.827. The third-order valence-electron chi connectivity index (χ3n) is 5.28. The van der Waals surface area contributed by atoms with Crippen LogP contribution >= 0.6 is 103 Å². The summed E-state index contributed by atoms with van der Waals surface area (Å²) in [7, 11) is 0. The SMILES string of the molecule is O=C1OC2(c3cc(N=C=S)ccc31)c1cc(I)c(O)c(I)c1Oc1c2cc(I)c(O)c1I.[Na+].[Na+]. The van der Waals surface area contributed by atoms with Gasteiger partial charge in [-0.1, -0.05) is 0 Å². The van der Waals surface area contributed by atoms with Gasteiger partial charge >= 0.3 is 65.1 Å². The molecule has 0 unspecified atom stereocenters. The number of ether oxygens (including phenoxy) is 2. The van der Waals surface area contributed by atoms with Crippen molar-refractivity contribution < 1.29 is 83.6 Å². The van der Waals surface area contributed by atoms with Crippen LogP contribution in [0.25, 0.3) is 0 Å². The monoisotopic (exact) mass is 939 g/mol. The van der Waals surface area contributed by atoms with Crippen molar-refractivity contribution >= 4 is 119 Å². The predicted molar refractivity (Wildman–Crippen MR) is 154 cm³/mol. The Labute approximate surface area is 298 Å². The Kier molecular flexibility index (Phi) is 9.78. The van der Waals surface area contributed by atoms with Gasteiger partial charge in [-0.05, 0) is 133 Å². The number of hydrogen-bond donors (Lipinski definition) is 2. The molecule has 6 nitrogen and oxygen atoms in total. The molecule has 1 spiro atoms. The number of thiocarbonyl (C=S) groups is 1. The van der Waals surface area contributed by atoms with Crippen molar-refractivity contribution in [2.24, 2.45) is 4.99 Å². The van der Waals surface area contributed by atoms with Crippen LogP contribution in [0.3, 0.4) is 0 Å². The number of phenolic OH excluding ortho intramolecular Hbond substituents is 2. The molecule has 0 atom stereocenters. The summed E-state index contributed by atoms with van der Waals surface area (Å²) in [5, 5.41) is 23.5. The number of phenols is 2. The van der Waals surface area contributed by atoms with Crippen molar-refractivity contribution in [3.8, 4) is 23.0 Å². The molecule has 0 saturated carbocycles. The van der Waals surface area contributed by atoms with E-state index in [9.17, 15) is 15.0 Å². The Morgan fingerprint density at radius 1 is 0.882 bits per heavy atom. The first-order valence-corrected chi connectivity index (χ1v) is 13.5. The van der Waals surface area contributed by atoms with Crippen LogP contribution in [0.2, 0.25) is 0 Å². The second-order valence-electron chi connectivity index (χ2n) is 6.90. The molecule has 0 bridgehead atoms. The topological polar surface area (TPSA) is 88.4 Å². The van der Waals surface area contributed by atoms with Gasteiger partial charge in [0.2, 0.25) is 0 Å². The molecule has 13 heteroatoms. The van der Waals surface area contributed by atoms with Crippen LogP contribution in [0.5, 0.6) is 23.0 Å². The molecular formula is C21H7I4NNa2O5S+2. The molecule has 2 aliphatic rings. The second kappa shape index (κ2) is 11.2. The van der Waals surface area contributed by atoms with E-state index in [0.29, 0.717) is 53.7 Å². The molecule has 2 heterocycles. The fourth-order valence-corrected chi connectivity index (χ4v) is 7.61. The van der Waals surface area contributed by atoms with Gasteiger partial charge in [-0.2, -0.15) is 4.99 Å². The average molecular weight is 939 g/mol. The van der Waals surface area contributed by atoms with E-state index in [1.807, 2.05) is 90.4 Å². The normalized spacial score (nSPS) is 13.8. The number of esters is 1. The zero-order valence-corrected chi connectivity index (χ0v) is 30.8. The number of aliphatic imine (C=N–C) groups is 1. The summed E-state index contributed by atoms with van der Waals surface area (Å²) >= 11 is 12.8. The summed E-state index contributed by atoms with van der Waals surface area (Å²) in [4.78, 5) is 17.1. The molecule has 0 fully saturated rings. The Balaban J connectivity index is 0.00000162. The molecule has 3 aromatic carbocycles. The van der Waals surface area contributed by atoms with E-state index >= 15 is 0 Å². The van der Waals surface area contributed by atoms with Crippen molar-refractivity contribution in [1.82, 2.24) is 0 Å². The van der Waals surface area contributed by atoms with Crippen LogP contribution in [0.4, 0.5) is 5.69 Å². The summed E-state index contributed by atoms with van der Waals surface area (Å²) in [6, 6.07) is 8.58. The number of carbonyl (C=O) groups is 1. The van der Waals surface area contributed by atoms with Gasteiger partial charge < -0.3 is 19.7 Å². The fraction of sp³-hybridized carbons (Fsp3) is 0.0476. The van der Waals surface area contributed by atoms with Crippen LogP contribution in [-0.2, 0) is 10.3 Å². The number of aromatic hydroxyl groups is 2. The van der Waals surface area contributed by atoms with Crippen LogP contribution < -0.4 is 63.9 Å². The Morgan fingerprint density at radius 2 is 1.41 bits per heavy atom. The minimum atomic E-state index is -1.36. The van der Waals surface area contributed by atoms with Gasteiger partial charge in [-0.25, -0.2) is 4.79 Å².